The van der Waals surface area contributed by atoms with Crippen molar-refractivity contribution in [2.24, 2.45) is 0 Å². The molecule has 2 heterocycles. The molecule has 0 aliphatic heterocycles. The van der Waals surface area contributed by atoms with E-state index in [2.05, 4.69) is 62.2 Å². The van der Waals surface area contributed by atoms with Gasteiger partial charge in [0.1, 0.15) is 0 Å². The third-order valence-corrected chi connectivity index (χ3v) is 22.7. The summed E-state index contributed by atoms with van der Waals surface area (Å²) in [6.07, 6.45) is 16.1. The number of hydrogen-bond acceptors (Lipinski definition) is 3. The van der Waals surface area contributed by atoms with E-state index in [0.717, 1.165) is 16.1 Å². The Morgan fingerprint density at radius 1 is 0.900 bits per heavy atom. The van der Waals surface area contributed by atoms with Gasteiger partial charge in [-0.1, -0.05) is 0 Å². The molecule has 0 saturated carbocycles. The van der Waals surface area contributed by atoms with Gasteiger partial charge in [0.05, 0.1) is 0 Å². The Hall–Kier alpha value is -1.20. The first kappa shape index (κ1) is 23.5. The van der Waals surface area contributed by atoms with Crippen LogP contribution in [0.4, 0.5) is 0 Å². The average molecular weight is 527 g/mol. The fourth-order valence-electron chi connectivity index (χ4n) is 4.34. The van der Waals surface area contributed by atoms with E-state index in [4.69, 9.17) is 4.98 Å². The van der Waals surface area contributed by atoms with Gasteiger partial charge in [-0.25, -0.2) is 0 Å². The molecule has 0 saturated heterocycles. The van der Waals surface area contributed by atoms with Crippen LogP contribution >= 0.6 is 11.3 Å². The first-order valence-corrected chi connectivity index (χ1v) is 20.0. The molecule has 0 radical (unpaired) electrons. The van der Waals surface area contributed by atoms with Gasteiger partial charge < -0.3 is 0 Å². The van der Waals surface area contributed by atoms with Gasteiger partial charge in [0.2, 0.25) is 0 Å². The number of hydrogen-bond donors (Lipinski definition) is 0. The number of fused-ring (bicyclic) bond motifs is 1. The summed E-state index contributed by atoms with van der Waals surface area (Å²) in [6, 6.07) is 11.4. The van der Waals surface area contributed by atoms with Crippen molar-refractivity contribution in [3.8, 4) is 0 Å². The molecule has 0 fully saturated rings. The van der Waals surface area contributed by atoms with Crippen molar-refractivity contribution < 1.29 is 0 Å². The number of nitrogens with zero attached hydrogens (tertiary/aromatic N) is 2. The Balaban J connectivity index is 1.92. The van der Waals surface area contributed by atoms with E-state index >= 15 is 0 Å². The maximum absolute atomic E-state index is 4.87. The second-order valence-corrected chi connectivity index (χ2v) is 22.7. The average Bonchev–Trinajstić information content (AvgIpc) is 3.20. The van der Waals surface area contributed by atoms with Gasteiger partial charge in [-0.05, 0) is 0 Å². The fourth-order valence-corrected chi connectivity index (χ4v) is 21.5. The minimum absolute atomic E-state index is 1.09. The van der Waals surface area contributed by atoms with Crippen molar-refractivity contribution in [3.05, 3.63) is 53.3 Å². The van der Waals surface area contributed by atoms with E-state index in [-0.39, 0.29) is 0 Å². The summed E-state index contributed by atoms with van der Waals surface area (Å²) in [5.74, 6) is 0. The van der Waals surface area contributed by atoms with Crippen LogP contribution in [-0.4, -0.2) is 28.3 Å². The fraction of sp³-hybridized carbons (Fsp3) is 0.462. The quantitative estimate of drug-likeness (QED) is 0.224. The summed E-state index contributed by atoms with van der Waals surface area (Å²) in [5, 5.41) is 1.09. The first-order valence-electron chi connectivity index (χ1n) is 11.7. The third kappa shape index (κ3) is 6.16. The summed E-state index contributed by atoms with van der Waals surface area (Å²) < 4.78 is 7.66. The van der Waals surface area contributed by atoms with E-state index in [0.29, 0.717) is 0 Å². The zero-order chi connectivity index (χ0) is 21.2. The molecular weight excluding hydrogens is 491 g/mol. The zero-order valence-corrected chi connectivity index (χ0v) is 22.5. The molecule has 2 nitrogen and oxygen atoms in total. The topological polar surface area (TPSA) is 25.8 Å². The van der Waals surface area contributed by atoms with Gasteiger partial charge in [0.25, 0.3) is 0 Å². The molecular formula is C26H36N2SSn. The maximum atomic E-state index is 4.87. The van der Waals surface area contributed by atoms with Crippen LogP contribution in [0.5, 0.6) is 0 Å². The molecule has 0 aliphatic carbocycles. The van der Waals surface area contributed by atoms with Crippen molar-refractivity contribution in [3.63, 3.8) is 0 Å². The standard InChI is InChI=1S/C14H9N2S.3C4H9.Sn/c1-2-6-13-12(5-1)16-14(17-13)8-7-11-4-3-9-15-10-11;3*1-3-4-2;/h1,3-10H;3*1,3-4H2,2H3;/b8-7+;;;;. The van der Waals surface area contributed by atoms with Gasteiger partial charge in [-0.15, -0.1) is 0 Å². The number of aromatic nitrogens is 2. The molecule has 1 aromatic carbocycles. The van der Waals surface area contributed by atoms with E-state index in [9.17, 15) is 0 Å². The Kier molecular flexibility index (Phi) is 9.38. The van der Waals surface area contributed by atoms with Crippen molar-refractivity contribution in [2.75, 3.05) is 0 Å². The minimum atomic E-state index is -2.38. The van der Waals surface area contributed by atoms with Crippen LogP contribution in [0.25, 0.3) is 22.4 Å². The van der Waals surface area contributed by atoms with Crippen molar-refractivity contribution in [2.45, 2.75) is 72.6 Å². The summed E-state index contributed by atoms with van der Waals surface area (Å²) in [7, 11) is 0. The van der Waals surface area contributed by atoms with Crippen LogP contribution in [0.15, 0.2) is 42.7 Å². The molecule has 3 aromatic rings. The van der Waals surface area contributed by atoms with Crippen LogP contribution in [0, 0.1) is 0 Å². The van der Waals surface area contributed by atoms with E-state index in [1.807, 2.05) is 29.8 Å². The van der Waals surface area contributed by atoms with E-state index < -0.39 is 18.4 Å². The number of benzene rings is 1. The summed E-state index contributed by atoms with van der Waals surface area (Å²) in [6.45, 7) is 7.05. The van der Waals surface area contributed by atoms with Crippen LogP contribution in [0.2, 0.25) is 13.3 Å². The van der Waals surface area contributed by atoms with Gasteiger partial charge in [0.15, 0.2) is 0 Å². The van der Waals surface area contributed by atoms with Gasteiger partial charge >= 0.3 is 192 Å². The Morgan fingerprint density at radius 3 is 2.20 bits per heavy atom. The second kappa shape index (κ2) is 12.0. The number of pyridine rings is 1. The van der Waals surface area contributed by atoms with E-state index in [1.165, 1.54) is 56.5 Å². The van der Waals surface area contributed by atoms with Crippen LogP contribution in [0.1, 0.15) is 69.9 Å². The zero-order valence-electron chi connectivity index (χ0n) is 18.9. The normalized spacial score (nSPS) is 12.2. The molecule has 160 valence electrons. The molecule has 0 aliphatic rings. The molecule has 0 atom stereocenters. The molecule has 2 aromatic heterocycles. The molecule has 0 amide bonds. The van der Waals surface area contributed by atoms with Crippen LogP contribution < -0.4 is 3.58 Å². The Labute approximate surface area is 190 Å². The summed E-state index contributed by atoms with van der Waals surface area (Å²) >= 11 is -0.542. The van der Waals surface area contributed by atoms with Crippen molar-refractivity contribution >= 4 is 55.7 Å². The van der Waals surface area contributed by atoms with Crippen LogP contribution in [0.3, 0.4) is 0 Å². The molecule has 0 bridgehead atoms. The summed E-state index contributed by atoms with van der Waals surface area (Å²) in [4.78, 5) is 9.06. The molecule has 0 unspecified atom stereocenters. The predicted molar refractivity (Wildman–Crippen MR) is 137 cm³/mol. The monoisotopic (exact) mass is 528 g/mol. The van der Waals surface area contributed by atoms with Gasteiger partial charge in [0, 0.05) is 0 Å². The molecule has 30 heavy (non-hydrogen) atoms. The Bertz CT molecular complexity index is 911. The van der Waals surface area contributed by atoms with E-state index in [1.54, 1.807) is 3.58 Å². The predicted octanol–water partition coefficient (Wildman–Crippen LogP) is 7.92. The molecule has 0 N–H and O–H groups in total. The second-order valence-electron chi connectivity index (χ2n) is 8.45. The number of unbranched alkanes of at least 4 members (excludes halogenated alkanes) is 3. The SMILES string of the molecule is CCC[CH2][Sn]([CH2]CCC)([CH2]CCC)[c]1ccc2nc(/C=C/c3cccnc3)sc2c1. The number of rotatable bonds is 12. The first-order chi connectivity index (χ1) is 14.7. The summed E-state index contributed by atoms with van der Waals surface area (Å²) in [5.41, 5.74) is 2.27. The van der Waals surface area contributed by atoms with Crippen molar-refractivity contribution in [1.29, 1.82) is 0 Å². The van der Waals surface area contributed by atoms with Gasteiger partial charge in [-0.3, -0.25) is 0 Å². The third-order valence-electron chi connectivity index (χ3n) is 6.15. The van der Waals surface area contributed by atoms with Gasteiger partial charge in [-0.2, -0.15) is 0 Å². The number of thiazole rings is 1. The van der Waals surface area contributed by atoms with Crippen molar-refractivity contribution in [1.82, 2.24) is 9.97 Å². The molecule has 0 spiro atoms. The Morgan fingerprint density at radius 2 is 1.60 bits per heavy atom. The van der Waals surface area contributed by atoms with Crippen LogP contribution in [-0.2, 0) is 0 Å². The molecule has 3 rings (SSSR count). The molecule has 4 heteroatoms.